The van der Waals surface area contributed by atoms with Gasteiger partial charge in [0, 0.05) is 0 Å². The molecule has 0 radical (unpaired) electrons. The first-order chi connectivity index (χ1) is 6.86. The Morgan fingerprint density at radius 1 is 1.07 bits per heavy atom. The molecule has 2 aliphatic rings. The highest BCUT2D eigenvalue weighted by atomic mass is 14.2. The summed E-state index contributed by atoms with van der Waals surface area (Å²) >= 11 is 0. The molecule has 0 heteroatoms. The zero-order valence-electron chi connectivity index (χ0n) is 9.13. The van der Waals surface area contributed by atoms with E-state index in [2.05, 4.69) is 31.2 Å². The standard InChI is InChI=1S/C14H20/c1-12-6-5-9-14(11-10-12)13-7-3-2-4-8-13/h5,9-11,13H,2-4,6-8H2,1H3. The van der Waals surface area contributed by atoms with E-state index in [4.69, 9.17) is 0 Å². The maximum absolute atomic E-state index is 2.35. The second-order valence-corrected chi connectivity index (χ2v) is 4.62. The highest BCUT2D eigenvalue weighted by molar-refractivity contribution is 5.32. The van der Waals surface area contributed by atoms with Crippen LogP contribution in [0, 0.1) is 5.92 Å². The Balaban J connectivity index is 2.08. The van der Waals surface area contributed by atoms with Gasteiger partial charge in [-0.15, -0.1) is 0 Å². The predicted molar refractivity (Wildman–Crippen MR) is 62.2 cm³/mol. The normalized spacial score (nSPS) is 24.1. The molecule has 0 saturated heterocycles. The Bertz CT molecular complexity index is 272. The van der Waals surface area contributed by atoms with Gasteiger partial charge in [0.25, 0.3) is 0 Å². The van der Waals surface area contributed by atoms with Crippen LogP contribution in [0.3, 0.4) is 0 Å². The predicted octanol–water partition coefficient (Wildman–Crippen LogP) is 4.40. The van der Waals surface area contributed by atoms with Crippen molar-refractivity contribution in [1.82, 2.24) is 0 Å². The van der Waals surface area contributed by atoms with E-state index in [1.165, 1.54) is 37.7 Å². The van der Waals surface area contributed by atoms with Gasteiger partial charge in [0.1, 0.15) is 0 Å². The van der Waals surface area contributed by atoms with Gasteiger partial charge >= 0.3 is 0 Å². The third kappa shape index (κ3) is 2.37. The van der Waals surface area contributed by atoms with Crippen LogP contribution in [0.2, 0.25) is 0 Å². The first-order valence-corrected chi connectivity index (χ1v) is 5.90. The van der Waals surface area contributed by atoms with Gasteiger partial charge in [-0.3, -0.25) is 0 Å². The maximum Gasteiger partial charge on any atom is -0.0135 e. The summed E-state index contributed by atoms with van der Waals surface area (Å²) in [6.45, 7) is 2.21. The lowest BCUT2D eigenvalue weighted by Crippen LogP contribution is -2.07. The molecule has 0 aliphatic heterocycles. The van der Waals surface area contributed by atoms with Crippen LogP contribution in [0.15, 0.2) is 35.5 Å². The molecule has 0 nitrogen and oxygen atoms in total. The summed E-state index contributed by atoms with van der Waals surface area (Å²) in [4.78, 5) is 0. The van der Waals surface area contributed by atoms with Crippen LogP contribution in [-0.2, 0) is 0 Å². The lowest BCUT2D eigenvalue weighted by molar-refractivity contribution is 0.408. The minimum Gasteiger partial charge on any atom is -0.0802 e. The highest BCUT2D eigenvalue weighted by Crippen LogP contribution is 2.31. The Morgan fingerprint density at radius 2 is 1.86 bits per heavy atom. The molecule has 0 bridgehead atoms. The molecule has 0 heterocycles. The van der Waals surface area contributed by atoms with Crippen molar-refractivity contribution < 1.29 is 0 Å². The van der Waals surface area contributed by atoms with Crippen molar-refractivity contribution in [3.63, 3.8) is 0 Å². The summed E-state index contributed by atoms with van der Waals surface area (Å²) < 4.78 is 0. The van der Waals surface area contributed by atoms with E-state index in [1.807, 2.05) is 0 Å². The van der Waals surface area contributed by atoms with Gasteiger partial charge in [0.05, 0.1) is 0 Å². The lowest BCUT2D eigenvalue weighted by atomic mass is 9.83. The smallest absolute Gasteiger partial charge is 0.0135 e. The second-order valence-electron chi connectivity index (χ2n) is 4.62. The van der Waals surface area contributed by atoms with Gasteiger partial charge in [0.15, 0.2) is 0 Å². The minimum absolute atomic E-state index is 0.849. The van der Waals surface area contributed by atoms with Crippen LogP contribution in [0.4, 0.5) is 0 Å². The fourth-order valence-electron chi connectivity index (χ4n) is 2.45. The molecule has 0 amide bonds. The average molecular weight is 188 g/mol. The van der Waals surface area contributed by atoms with Gasteiger partial charge in [-0.05, 0) is 37.7 Å². The summed E-state index contributed by atoms with van der Waals surface area (Å²) in [5.41, 5.74) is 3.05. The van der Waals surface area contributed by atoms with E-state index in [1.54, 1.807) is 5.57 Å². The summed E-state index contributed by atoms with van der Waals surface area (Å²) in [5, 5.41) is 0. The Hall–Kier alpha value is -0.780. The molecular weight excluding hydrogens is 168 g/mol. The zero-order valence-corrected chi connectivity index (χ0v) is 9.13. The fourth-order valence-corrected chi connectivity index (χ4v) is 2.45. The van der Waals surface area contributed by atoms with Gasteiger partial charge in [-0.25, -0.2) is 0 Å². The van der Waals surface area contributed by atoms with E-state index in [0.717, 1.165) is 12.3 Å². The molecule has 0 aromatic heterocycles. The largest absolute Gasteiger partial charge is 0.0802 e. The van der Waals surface area contributed by atoms with Crippen LogP contribution >= 0.6 is 0 Å². The number of rotatable bonds is 1. The van der Waals surface area contributed by atoms with Crippen LogP contribution < -0.4 is 0 Å². The SMILES string of the molecule is CC1=CC=C(C2CCCCC2)C=CC1. The monoisotopic (exact) mass is 188 g/mol. The molecule has 0 unspecified atom stereocenters. The van der Waals surface area contributed by atoms with Crippen LogP contribution in [0.1, 0.15) is 45.4 Å². The average Bonchev–Trinajstić information content (AvgIpc) is 2.44. The third-order valence-electron chi connectivity index (χ3n) is 3.39. The van der Waals surface area contributed by atoms with E-state index in [-0.39, 0.29) is 0 Å². The number of allylic oxidation sites excluding steroid dienone is 6. The summed E-state index contributed by atoms with van der Waals surface area (Å²) in [6, 6.07) is 0. The lowest BCUT2D eigenvalue weighted by Gasteiger charge is -2.22. The maximum atomic E-state index is 2.35. The van der Waals surface area contributed by atoms with Crippen LogP contribution in [-0.4, -0.2) is 0 Å². The summed E-state index contributed by atoms with van der Waals surface area (Å²) in [5.74, 6) is 0.849. The molecule has 0 aromatic rings. The van der Waals surface area contributed by atoms with Crippen molar-refractivity contribution in [2.24, 2.45) is 5.92 Å². The number of hydrogen-bond donors (Lipinski definition) is 0. The Kier molecular flexibility index (Phi) is 3.23. The first-order valence-electron chi connectivity index (χ1n) is 5.90. The van der Waals surface area contributed by atoms with Crippen LogP contribution in [0.25, 0.3) is 0 Å². The van der Waals surface area contributed by atoms with E-state index < -0.39 is 0 Å². The topological polar surface area (TPSA) is 0 Å². The van der Waals surface area contributed by atoms with Crippen molar-refractivity contribution in [2.45, 2.75) is 45.4 Å². The quantitative estimate of drug-likeness (QED) is 0.572. The molecule has 2 aliphatic carbocycles. The molecule has 0 atom stereocenters. The molecule has 1 saturated carbocycles. The highest BCUT2D eigenvalue weighted by Gasteiger charge is 2.15. The van der Waals surface area contributed by atoms with Gasteiger partial charge in [-0.2, -0.15) is 0 Å². The van der Waals surface area contributed by atoms with Crippen LogP contribution in [0.5, 0.6) is 0 Å². The van der Waals surface area contributed by atoms with Crippen molar-refractivity contribution >= 4 is 0 Å². The molecule has 0 aromatic carbocycles. The molecule has 0 N–H and O–H groups in total. The Morgan fingerprint density at radius 3 is 2.64 bits per heavy atom. The van der Waals surface area contributed by atoms with E-state index >= 15 is 0 Å². The van der Waals surface area contributed by atoms with E-state index in [0.29, 0.717) is 0 Å². The van der Waals surface area contributed by atoms with Gasteiger partial charge in [0.2, 0.25) is 0 Å². The van der Waals surface area contributed by atoms with Crippen molar-refractivity contribution in [2.75, 3.05) is 0 Å². The number of hydrogen-bond acceptors (Lipinski definition) is 0. The Labute approximate surface area is 87.4 Å². The second kappa shape index (κ2) is 4.63. The first kappa shape index (κ1) is 9.76. The van der Waals surface area contributed by atoms with Crippen molar-refractivity contribution in [1.29, 1.82) is 0 Å². The molecule has 76 valence electrons. The minimum atomic E-state index is 0.849. The molecule has 1 fully saturated rings. The zero-order chi connectivity index (χ0) is 9.80. The molecule has 2 rings (SSSR count). The van der Waals surface area contributed by atoms with Gasteiger partial charge in [-0.1, -0.05) is 49.1 Å². The van der Waals surface area contributed by atoms with Crippen molar-refractivity contribution in [3.05, 3.63) is 35.5 Å². The molecule has 14 heavy (non-hydrogen) atoms. The van der Waals surface area contributed by atoms with Gasteiger partial charge < -0.3 is 0 Å². The van der Waals surface area contributed by atoms with Crippen molar-refractivity contribution in [3.8, 4) is 0 Å². The summed E-state index contributed by atoms with van der Waals surface area (Å²) in [6.07, 6.45) is 17.6. The molecule has 0 spiro atoms. The summed E-state index contributed by atoms with van der Waals surface area (Å²) in [7, 11) is 0. The van der Waals surface area contributed by atoms with E-state index in [9.17, 15) is 0 Å². The fraction of sp³-hybridized carbons (Fsp3) is 0.571. The molecular formula is C14H20. The third-order valence-corrected chi connectivity index (χ3v) is 3.39.